The first-order valence-corrected chi connectivity index (χ1v) is 6.96. The van der Waals surface area contributed by atoms with Crippen molar-refractivity contribution in [2.24, 2.45) is 0 Å². The fraction of sp³-hybridized carbons (Fsp3) is 0.100. The molecule has 0 aromatic heterocycles. The van der Waals surface area contributed by atoms with E-state index in [4.69, 9.17) is 0 Å². The Labute approximate surface area is 169 Å². The zero-order valence-electron chi connectivity index (χ0n) is 13.2. The van der Waals surface area contributed by atoms with E-state index in [1.54, 1.807) is 0 Å². The molecule has 0 heterocycles. The van der Waals surface area contributed by atoms with Crippen LogP contribution in [0, 0.1) is 13.8 Å². The summed E-state index contributed by atoms with van der Waals surface area (Å²) >= 11 is 0. The van der Waals surface area contributed by atoms with Crippen LogP contribution in [0.25, 0.3) is 21.5 Å². The van der Waals surface area contributed by atoms with Crippen LogP contribution in [-0.4, -0.2) is 0 Å². The summed E-state index contributed by atoms with van der Waals surface area (Å²) in [5, 5.41) is 5.39. The van der Waals surface area contributed by atoms with Gasteiger partial charge in [0.05, 0.1) is 0 Å². The predicted molar refractivity (Wildman–Crippen MR) is 88.6 cm³/mol. The van der Waals surface area contributed by atoms with E-state index < -0.39 is 0 Å². The number of benzene rings is 2. The van der Waals surface area contributed by atoms with Crippen molar-refractivity contribution in [3.05, 3.63) is 83.9 Å². The van der Waals surface area contributed by atoms with E-state index in [1.807, 2.05) is 0 Å². The van der Waals surface area contributed by atoms with E-state index in [0.29, 0.717) is 0 Å². The molecule has 0 saturated carbocycles. The number of hydrogen-bond acceptors (Lipinski definition) is 0. The average molecular weight is 508 g/mol. The van der Waals surface area contributed by atoms with Gasteiger partial charge in [-0.2, -0.15) is 12.1 Å². The molecule has 0 aliphatic heterocycles. The molecule has 0 fully saturated rings. The zero-order valence-corrected chi connectivity index (χ0v) is 18.3. The Morgan fingerprint density at radius 2 is 0.957 bits per heavy atom. The first kappa shape index (κ1) is 22.1. The summed E-state index contributed by atoms with van der Waals surface area (Å²) < 4.78 is 0. The Morgan fingerprint density at radius 3 is 1.30 bits per heavy atom. The van der Waals surface area contributed by atoms with Crippen molar-refractivity contribution in [2.45, 2.75) is 13.8 Å². The van der Waals surface area contributed by atoms with Crippen LogP contribution in [0.1, 0.15) is 11.1 Å². The maximum atomic E-state index is 2.20. The Hall–Kier alpha value is -0.890. The SMILES string of the molecule is Cc1cc2ccccc2[cH-]1.Cc1cc2ccccc2[cH-]1.[Cl-].[Cl-].[Hf+4]. The second-order valence-electron chi connectivity index (χ2n) is 5.32. The molecular formula is C20H18Cl2Hf. The third-order valence-electron chi connectivity index (χ3n) is 3.52. The number of halogens is 2. The van der Waals surface area contributed by atoms with Crippen molar-refractivity contribution in [1.29, 1.82) is 0 Å². The Bertz CT molecular complexity index is 705. The normalized spacial score (nSPS) is 9.13. The fourth-order valence-corrected chi connectivity index (χ4v) is 2.61. The van der Waals surface area contributed by atoms with Gasteiger partial charge in [0.2, 0.25) is 0 Å². The van der Waals surface area contributed by atoms with E-state index in [2.05, 4.69) is 86.6 Å². The molecule has 116 valence electrons. The number of rotatable bonds is 0. The number of fused-ring (bicyclic) bond motifs is 2. The van der Waals surface area contributed by atoms with Crippen LogP contribution in [0.3, 0.4) is 0 Å². The molecule has 4 aromatic carbocycles. The van der Waals surface area contributed by atoms with E-state index in [1.165, 1.54) is 32.7 Å². The topological polar surface area (TPSA) is 0 Å². The van der Waals surface area contributed by atoms with Gasteiger partial charge in [0, 0.05) is 0 Å². The van der Waals surface area contributed by atoms with Crippen molar-refractivity contribution >= 4 is 21.5 Å². The van der Waals surface area contributed by atoms with E-state index >= 15 is 0 Å². The molecule has 0 bridgehead atoms. The summed E-state index contributed by atoms with van der Waals surface area (Å²) in [6, 6.07) is 25.7. The van der Waals surface area contributed by atoms with Crippen LogP contribution in [0.5, 0.6) is 0 Å². The monoisotopic (exact) mass is 508 g/mol. The van der Waals surface area contributed by atoms with Gasteiger partial charge in [0.1, 0.15) is 0 Å². The van der Waals surface area contributed by atoms with Gasteiger partial charge in [-0.25, -0.2) is 0 Å². The molecule has 4 aromatic rings. The number of hydrogen-bond donors (Lipinski definition) is 0. The van der Waals surface area contributed by atoms with Crippen LogP contribution in [-0.2, 0) is 25.8 Å². The Morgan fingerprint density at radius 1 is 0.609 bits per heavy atom. The summed E-state index contributed by atoms with van der Waals surface area (Å²) in [7, 11) is 0. The van der Waals surface area contributed by atoms with Gasteiger partial charge in [0.25, 0.3) is 0 Å². The summed E-state index contributed by atoms with van der Waals surface area (Å²) in [6.45, 7) is 4.25. The van der Waals surface area contributed by atoms with Gasteiger partial charge in [0.15, 0.2) is 0 Å². The molecule has 0 aliphatic carbocycles. The third-order valence-corrected chi connectivity index (χ3v) is 3.52. The molecule has 23 heavy (non-hydrogen) atoms. The molecule has 3 heteroatoms. The summed E-state index contributed by atoms with van der Waals surface area (Å²) in [6.07, 6.45) is 0. The first-order valence-electron chi connectivity index (χ1n) is 6.96. The van der Waals surface area contributed by atoms with Crippen LogP contribution in [0.15, 0.2) is 72.8 Å². The fourth-order valence-electron chi connectivity index (χ4n) is 2.61. The minimum absolute atomic E-state index is 0. The van der Waals surface area contributed by atoms with Crippen molar-refractivity contribution in [2.75, 3.05) is 0 Å². The molecule has 0 saturated heterocycles. The molecule has 0 aliphatic rings. The summed E-state index contributed by atoms with van der Waals surface area (Å²) in [5.41, 5.74) is 2.70. The Balaban J connectivity index is 0.000000372. The molecule has 0 amide bonds. The molecule has 4 rings (SSSR count). The maximum Gasteiger partial charge on any atom is 4.00 e. The van der Waals surface area contributed by atoms with Crippen molar-refractivity contribution in [3.8, 4) is 0 Å². The molecular weight excluding hydrogens is 490 g/mol. The van der Waals surface area contributed by atoms with Crippen molar-refractivity contribution in [1.82, 2.24) is 0 Å². The molecule has 0 N–H and O–H groups in total. The standard InChI is InChI=1S/2C10H9.2ClH.Hf/c2*1-8-6-9-4-2-3-5-10(9)7-8;;;/h2*2-7H,1H3;2*1H;/q2*-1;;;+4/p-2. The minimum atomic E-state index is 0. The maximum absolute atomic E-state index is 2.20. The van der Waals surface area contributed by atoms with Crippen molar-refractivity contribution < 1.29 is 50.7 Å². The average Bonchev–Trinajstić information content (AvgIpc) is 2.99. The van der Waals surface area contributed by atoms with Crippen LogP contribution in [0.2, 0.25) is 0 Å². The smallest absolute Gasteiger partial charge is 1.00 e. The summed E-state index contributed by atoms with van der Waals surface area (Å²) in [5.74, 6) is 0. The second kappa shape index (κ2) is 10.1. The Kier molecular flexibility index (Phi) is 9.68. The first-order chi connectivity index (χ1) is 9.72. The molecule has 0 spiro atoms. The molecule has 0 unspecified atom stereocenters. The van der Waals surface area contributed by atoms with Gasteiger partial charge in [-0.3, -0.25) is 0 Å². The minimum Gasteiger partial charge on any atom is -1.00 e. The second-order valence-corrected chi connectivity index (χ2v) is 5.32. The van der Waals surface area contributed by atoms with Gasteiger partial charge >= 0.3 is 25.8 Å². The number of aryl methyl sites for hydroxylation is 2. The molecule has 0 radical (unpaired) electrons. The zero-order chi connectivity index (χ0) is 13.9. The van der Waals surface area contributed by atoms with E-state index in [-0.39, 0.29) is 50.7 Å². The molecule has 0 atom stereocenters. The van der Waals surface area contributed by atoms with Crippen LogP contribution in [0.4, 0.5) is 0 Å². The predicted octanol–water partition coefficient (Wildman–Crippen LogP) is -0.260. The largest absolute Gasteiger partial charge is 4.00 e. The van der Waals surface area contributed by atoms with Gasteiger partial charge < -0.3 is 24.8 Å². The van der Waals surface area contributed by atoms with Crippen LogP contribution >= 0.6 is 0 Å². The van der Waals surface area contributed by atoms with Gasteiger partial charge in [-0.15, -0.1) is 81.2 Å². The van der Waals surface area contributed by atoms with Crippen LogP contribution < -0.4 is 24.8 Å². The van der Waals surface area contributed by atoms with E-state index in [0.717, 1.165) is 0 Å². The summed E-state index contributed by atoms with van der Waals surface area (Å²) in [4.78, 5) is 0. The van der Waals surface area contributed by atoms with Gasteiger partial charge in [-0.05, 0) is 0 Å². The van der Waals surface area contributed by atoms with Gasteiger partial charge in [-0.1, -0.05) is 26.0 Å². The van der Waals surface area contributed by atoms with E-state index in [9.17, 15) is 0 Å². The third kappa shape index (κ3) is 5.60. The quantitative estimate of drug-likeness (QED) is 0.227. The van der Waals surface area contributed by atoms with Crippen molar-refractivity contribution in [3.63, 3.8) is 0 Å². The molecule has 0 nitrogen and oxygen atoms in total.